The number of rotatable bonds is 4. The third-order valence-electron chi connectivity index (χ3n) is 4.43. The van der Waals surface area contributed by atoms with Gasteiger partial charge in [-0.25, -0.2) is 4.79 Å². The minimum Gasteiger partial charge on any atom is -0.502 e. The molecule has 0 fully saturated rings. The summed E-state index contributed by atoms with van der Waals surface area (Å²) in [6, 6.07) is 12.4. The number of phenols is 1. The number of nitro benzene ring substituents is 1. The highest BCUT2D eigenvalue weighted by atomic mass is 32.1. The van der Waals surface area contributed by atoms with Crippen LogP contribution in [0.15, 0.2) is 59.8 Å². The van der Waals surface area contributed by atoms with E-state index in [0.717, 1.165) is 5.69 Å². The number of esters is 1. The highest BCUT2D eigenvalue weighted by Gasteiger charge is 2.36. The number of hydrogen-bond donors (Lipinski definition) is 2. The van der Waals surface area contributed by atoms with E-state index in [2.05, 4.69) is 5.32 Å². The van der Waals surface area contributed by atoms with E-state index in [1.54, 1.807) is 11.8 Å². The molecule has 3 rings (SSSR count). The highest BCUT2D eigenvalue weighted by Crippen LogP contribution is 2.37. The maximum atomic E-state index is 12.6. The van der Waals surface area contributed by atoms with Crippen LogP contribution in [0.3, 0.4) is 0 Å². The van der Waals surface area contributed by atoms with Crippen molar-refractivity contribution in [1.29, 1.82) is 0 Å². The number of benzene rings is 2. The fourth-order valence-corrected chi connectivity index (χ4v) is 3.48. The summed E-state index contributed by atoms with van der Waals surface area (Å²) < 4.78 is 4.94. The molecule has 0 aliphatic carbocycles. The van der Waals surface area contributed by atoms with E-state index in [0.29, 0.717) is 16.4 Å². The third kappa shape index (κ3) is 3.39. The summed E-state index contributed by atoms with van der Waals surface area (Å²) in [6.45, 7) is 1.73. The van der Waals surface area contributed by atoms with Gasteiger partial charge >= 0.3 is 11.7 Å². The number of nitrogens with one attached hydrogen (secondary N) is 1. The van der Waals surface area contributed by atoms with E-state index in [9.17, 15) is 20.0 Å². The summed E-state index contributed by atoms with van der Waals surface area (Å²) >= 11 is 5.49. The van der Waals surface area contributed by atoms with Crippen LogP contribution in [-0.2, 0) is 9.53 Å². The second kappa shape index (κ2) is 7.65. The number of hydrogen-bond acceptors (Lipinski definition) is 6. The SMILES string of the molecule is COC(=O)C1=C(C)N(c2ccccc2)C(=S)N[C@@H]1c1ccc(O)c([N+](=O)[O-])c1. The molecule has 0 saturated carbocycles. The number of nitrogens with zero attached hydrogens (tertiary/aromatic N) is 2. The van der Waals surface area contributed by atoms with Crippen molar-refractivity contribution in [3.05, 3.63) is 75.5 Å². The van der Waals surface area contributed by atoms with Gasteiger partial charge in [0, 0.05) is 17.5 Å². The van der Waals surface area contributed by atoms with Crippen molar-refractivity contribution >= 4 is 34.7 Å². The van der Waals surface area contributed by atoms with Crippen molar-refractivity contribution in [3.63, 3.8) is 0 Å². The lowest BCUT2D eigenvalue weighted by molar-refractivity contribution is -0.385. The van der Waals surface area contributed by atoms with Crippen LogP contribution in [0.1, 0.15) is 18.5 Å². The molecule has 1 atom stereocenters. The number of anilines is 1. The molecule has 9 heteroatoms. The summed E-state index contributed by atoms with van der Waals surface area (Å²) in [5.74, 6) is -1.05. The van der Waals surface area contributed by atoms with Crippen LogP contribution in [0, 0.1) is 10.1 Å². The molecule has 144 valence electrons. The summed E-state index contributed by atoms with van der Waals surface area (Å²) in [6.07, 6.45) is 0. The smallest absolute Gasteiger partial charge is 0.337 e. The van der Waals surface area contributed by atoms with Crippen molar-refractivity contribution in [2.45, 2.75) is 13.0 Å². The van der Waals surface area contributed by atoms with Crippen molar-refractivity contribution in [2.75, 3.05) is 12.0 Å². The van der Waals surface area contributed by atoms with Gasteiger partial charge in [-0.3, -0.25) is 15.0 Å². The van der Waals surface area contributed by atoms with Gasteiger partial charge < -0.3 is 15.2 Å². The predicted molar refractivity (Wildman–Crippen MR) is 107 cm³/mol. The number of carbonyl (C=O) groups is 1. The van der Waals surface area contributed by atoms with Gasteiger partial charge in [0.2, 0.25) is 0 Å². The molecule has 1 aliphatic rings. The van der Waals surface area contributed by atoms with E-state index < -0.39 is 28.4 Å². The monoisotopic (exact) mass is 399 g/mol. The van der Waals surface area contributed by atoms with Crippen LogP contribution in [0.25, 0.3) is 0 Å². The number of ether oxygens (including phenoxy) is 1. The second-order valence-electron chi connectivity index (χ2n) is 6.05. The minimum absolute atomic E-state index is 0.264. The fourth-order valence-electron chi connectivity index (χ4n) is 3.12. The number of para-hydroxylation sites is 1. The molecule has 2 aromatic rings. The summed E-state index contributed by atoms with van der Waals surface area (Å²) in [5, 5.41) is 24.3. The molecule has 0 bridgehead atoms. The maximum Gasteiger partial charge on any atom is 0.337 e. The summed E-state index contributed by atoms with van der Waals surface area (Å²) in [7, 11) is 1.26. The van der Waals surface area contributed by atoms with Gasteiger partial charge in [-0.2, -0.15) is 0 Å². The number of phenolic OH excluding ortho intramolecular Hbond substituents is 1. The normalized spacial score (nSPS) is 16.6. The van der Waals surface area contributed by atoms with Crippen molar-refractivity contribution in [1.82, 2.24) is 5.32 Å². The molecule has 0 spiro atoms. The zero-order chi connectivity index (χ0) is 20.4. The van der Waals surface area contributed by atoms with Gasteiger partial charge in [-0.1, -0.05) is 24.3 Å². The van der Waals surface area contributed by atoms with Crippen LogP contribution < -0.4 is 10.2 Å². The number of thiocarbonyl (C=S) groups is 1. The van der Waals surface area contributed by atoms with E-state index >= 15 is 0 Å². The Morgan fingerprint density at radius 1 is 1.29 bits per heavy atom. The van der Waals surface area contributed by atoms with Crippen molar-refractivity contribution < 1.29 is 19.6 Å². The molecule has 28 heavy (non-hydrogen) atoms. The lowest BCUT2D eigenvalue weighted by Crippen LogP contribution is -2.48. The number of nitro groups is 1. The zero-order valence-electron chi connectivity index (χ0n) is 15.1. The Morgan fingerprint density at radius 2 is 1.96 bits per heavy atom. The van der Waals surface area contributed by atoms with Crippen LogP contribution >= 0.6 is 12.2 Å². The molecule has 8 nitrogen and oxygen atoms in total. The lowest BCUT2D eigenvalue weighted by Gasteiger charge is -2.37. The first-order chi connectivity index (χ1) is 13.3. The van der Waals surface area contributed by atoms with Gasteiger partial charge in [-0.05, 0) is 42.9 Å². The predicted octanol–water partition coefficient (Wildman–Crippen LogP) is 3.18. The number of allylic oxidation sites excluding steroid dienone is 1. The number of aromatic hydroxyl groups is 1. The van der Waals surface area contributed by atoms with Crippen LogP contribution in [0.2, 0.25) is 0 Å². The Morgan fingerprint density at radius 3 is 2.57 bits per heavy atom. The van der Waals surface area contributed by atoms with Gasteiger partial charge in [0.25, 0.3) is 0 Å². The average molecular weight is 399 g/mol. The molecule has 0 unspecified atom stereocenters. The Kier molecular flexibility index (Phi) is 5.27. The lowest BCUT2D eigenvalue weighted by atomic mass is 9.94. The van der Waals surface area contributed by atoms with E-state index in [4.69, 9.17) is 17.0 Å². The Bertz CT molecular complexity index is 990. The van der Waals surface area contributed by atoms with Crippen LogP contribution in [-0.4, -0.2) is 28.2 Å². The Labute approximate surface area is 166 Å². The Balaban J connectivity index is 2.16. The average Bonchev–Trinajstić information content (AvgIpc) is 2.68. The topological polar surface area (TPSA) is 105 Å². The molecule has 2 N–H and O–H groups in total. The van der Waals surface area contributed by atoms with Gasteiger partial charge in [0.15, 0.2) is 10.9 Å². The third-order valence-corrected chi connectivity index (χ3v) is 4.73. The molecule has 1 aliphatic heterocycles. The molecular weight excluding hydrogens is 382 g/mol. The summed E-state index contributed by atoms with van der Waals surface area (Å²) in [5.41, 5.74) is 1.51. The van der Waals surface area contributed by atoms with Crippen LogP contribution in [0.5, 0.6) is 5.75 Å². The highest BCUT2D eigenvalue weighted by molar-refractivity contribution is 7.80. The molecule has 1 heterocycles. The molecule has 0 amide bonds. The number of methoxy groups -OCH3 is 1. The second-order valence-corrected chi connectivity index (χ2v) is 6.44. The van der Waals surface area contributed by atoms with Gasteiger partial charge in [-0.15, -0.1) is 0 Å². The van der Waals surface area contributed by atoms with Gasteiger partial charge in [0.1, 0.15) is 0 Å². The molecular formula is C19H17N3O5S. The summed E-state index contributed by atoms with van der Waals surface area (Å²) in [4.78, 5) is 24.8. The van der Waals surface area contributed by atoms with E-state index in [1.165, 1.54) is 25.3 Å². The largest absolute Gasteiger partial charge is 0.502 e. The van der Waals surface area contributed by atoms with Gasteiger partial charge in [0.05, 0.1) is 23.6 Å². The molecule has 0 radical (unpaired) electrons. The van der Waals surface area contributed by atoms with Crippen LogP contribution in [0.4, 0.5) is 11.4 Å². The number of carbonyl (C=O) groups excluding carboxylic acids is 1. The first kappa shape index (κ1) is 19.3. The van der Waals surface area contributed by atoms with E-state index in [-0.39, 0.29) is 5.57 Å². The molecule has 2 aromatic carbocycles. The quantitative estimate of drug-likeness (QED) is 0.350. The van der Waals surface area contributed by atoms with Crippen molar-refractivity contribution in [3.8, 4) is 5.75 Å². The zero-order valence-corrected chi connectivity index (χ0v) is 15.9. The standard InChI is InChI=1S/C19H17N3O5S/c1-11-16(18(24)27-2)17(12-8-9-15(23)14(10-12)22(25)26)20-19(28)21(11)13-6-4-3-5-7-13/h3-10,17,23H,1-2H3,(H,20,28)/t17-/m1/s1. The molecule has 0 aromatic heterocycles. The first-order valence-electron chi connectivity index (χ1n) is 8.27. The Hall–Kier alpha value is -3.46. The maximum absolute atomic E-state index is 12.6. The fraction of sp³-hybridized carbons (Fsp3) is 0.158. The minimum atomic E-state index is -0.765. The van der Waals surface area contributed by atoms with Crippen molar-refractivity contribution in [2.24, 2.45) is 0 Å². The molecule has 0 saturated heterocycles. The van der Waals surface area contributed by atoms with E-state index in [1.807, 2.05) is 30.3 Å². The first-order valence-corrected chi connectivity index (χ1v) is 8.68.